The SMILES string of the molecule is O=C(COCCCC1CCNCC1)c1cnccn1. The minimum atomic E-state index is -0.102. The van der Waals surface area contributed by atoms with Gasteiger partial charge in [-0.2, -0.15) is 0 Å². The quantitative estimate of drug-likeness (QED) is 0.596. The number of aromatic nitrogens is 2. The molecule has 19 heavy (non-hydrogen) atoms. The second-order valence-corrected chi connectivity index (χ2v) is 4.90. The molecule has 0 unspecified atom stereocenters. The zero-order valence-corrected chi connectivity index (χ0v) is 11.2. The number of hydrogen-bond donors (Lipinski definition) is 1. The molecule has 0 aliphatic carbocycles. The molecule has 0 saturated carbocycles. The van der Waals surface area contributed by atoms with Gasteiger partial charge in [0.2, 0.25) is 5.78 Å². The maximum absolute atomic E-state index is 11.7. The summed E-state index contributed by atoms with van der Waals surface area (Å²) in [5.74, 6) is 0.718. The first-order chi connectivity index (χ1) is 9.36. The van der Waals surface area contributed by atoms with Gasteiger partial charge in [0.1, 0.15) is 12.3 Å². The Morgan fingerprint density at radius 3 is 2.95 bits per heavy atom. The highest BCUT2D eigenvalue weighted by molar-refractivity contribution is 5.94. The van der Waals surface area contributed by atoms with Gasteiger partial charge < -0.3 is 10.1 Å². The molecule has 0 aromatic carbocycles. The molecule has 0 spiro atoms. The van der Waals surface area contributed by atoms with E-state index in [1.54, 1.807) is 6.20 Å². The fourth-order valence-electron chi connectivity index (χ4n) is 2.33. The van der Waals surface area contributed by atoms with Crippen molar-refractivity contribution in [2.45, 2.75) is 25.7 Å². The van der Waals surface area contributed by atoms with Crippen LogP contribution in [0.3, 0.4) is 0 Å². The maximum atomic E-state index is 11.7. The molecule has 0 radical (unpaired) electrons. The van der Waals surface area contributed by atoms with Gasteiger partial charge in [-0.25, -0.2) is 4.98 Å². The molecule has 0 bridgehead atoms. The van der Waals surface area contributed by atoms with Crippen LogP contribution in [-0.2, 0) is 4.74 Å². The zero-order chi connectivity index (χ0) is 13.3. The average Bonchev–Trinajstić information content (AvgIpc) is 2.49. The number of Topliss-reactive ketones (excluding diaryl/α,β-unsaturated/α-hetero) is 1. The highest BCUT2D eigenvalue weighted by Gasteiger charge is 2.12. The van der Waals surface area contributed by atoms with Gasteiger partial charge in [0.15, 0.2) is 0 Å². The van der Waals surface area contributed by atoms with E-state index in [9.17, 15) is 4.79 Å². The maximum Gasteiger partial charge on any atom is 0.208 e. The van der Waals surface area contributed by atoms with Crippen LogP contribution in [0.1, 0.15) is 36.2 Å². The molecule has 1 aromatic heterocycles. The molecule has 1 aromatic rings. The van der Waals surface area contributed by atoms with Crippen LogP contribution in [0, 0.1) is 5.92 Å². The van der Waals surface area contributed by atoms with Crippen molar-refractivity contribution in [2.75, 3.05) is 26.3 Å². The summed E-state index contributed by atoms with van der Waals surface area (Å²) in [5, 5.41) is 3.36. The topological polar surface area (TPSA) is 64.1 Å². The lowest BCUT2D eigenvalue weighted by molar-refractivity contribution is 0.0739. The predicted octanol–water partition coefficient (Wildman–Crippen LogP) is 1.46. The molecule has 2 heterocycles. The van der Waals surface area contributed by atoms with Gasteiger partial charge in [-0.05, 0) is 44.7 Å². The lowest BCUT2D eigenvalue weighted by Crippen LogP contribution is -2.27. The molecule has 1 aliphatic rings. The number of ketones is 1. The molecule has 1 N–H and O–H groups in total. The summed E-state index contributed by atoms with van der Waals surface area (Å²) >= 11 is 0. The molecule has 5 heteroatoms. The summed E-state index contributed by atoms with van der Waals surface area (Å²) in [4.78, 5) is 19.5. The van der Waals surface area contributed by atoms with Crippen molar-refractivity contribution in [3.63, 3.8) is 0 Å². The number of piperidine rings is 1. The lowest BCUT2D eigenvalue weighted by atomic mass is 9.93. The summed E-state index contributed by atoms with van der Waals surface area (Å²) in [6.45, 7) is 3.02. The molecule has 5 nitrogen and oxygen atoms in total. The van der Waals surface area contributed by atoms with Crippen molar-refractivity contribution in [1.82, 2.24) is 15.3 Å². The smallest absolute Gasteiger partial charge is 0.208 e. The van der Waals surface area contributed by atoms with E-state index in [1.807, 2.05) is 0 Å². The van der Waals surface area contributed by atoms with Crippen molar-refractivity contribution in [2.24, 2.45) is 5.92 Å². The van der Waals surface area contributed by atoms with E-state index in [2.05, 4.69) is 15.3 Å². The van der Waals surface area contributed by atoms with Crippen molar-refractivity contribution in [3.8, 4) is 0 Å². The minimum absolute atomic E-state index is 0.102. The molecule has 104 valence electrons. The third-order valence-corrected chi connectivity index (χ3v) is 3.44. The largest absolute Gasteiger partial charge is 0.373 e. The molecular formula is C14H21N3O2. The van der Waals surface area contributed by atoms with E-state index >= 15 is 0 Å². The van der Waals surface area contributed by atoms with E-state index in [-0.39, 0.29) is 12.4 Å². The molecule has 2 rings (SSSR count). The highest BCUT2D eigenvalue weighted by Crippen LogP contribution is 2.17. The summed E-state index contributed by atoms with van der Waals surface area (Å²) in [5.41, 5.74) is 0.376. The monoisotopic (exact) mass is 263 g/mol. The Balaban J connectivity index is 1.55. The van der Waals surface area contributed by atoms with Gasteiger partial charge in [-0.3, -0.25) is 9.78 Å². The van der Waals surface area contributed by atoms with Crippen molar-refractivity contribution >= 4 is 5.78 Å². The molecule has 0 amide bonds. The van der Waals surface area contributed by atoms with Crippen LogP contribution < -0.4 is 5.32 Å². The van der Waals surface area contributed by atoms with Gasteiger partial charge in [0.25, 0.3) is 0 Å². The zero-order valence-electron chi connectivity index (χ0n) is 11.2. The number of rotatable bonds is 7. The van der Waals surface area contributed by atoms with Gasteiger partial charge in [0, 0.05) is 19.0 Å². The first-order valence-corrected chi connectivity index (χ1v) is 6.94. The average molecular weight is 263 g/mol. The highest BCUT2D eigenvalue weighted by atomic mass is 16.5. The Bertz CT molecular complexity index is 378. The number of ether oxygens (including phenoxy) is 1. The van der Waals surface area contributed by atoms with Crippen LogP contribution in [0.15, 0.2) is 18.6 Å². The first kappa shape index (κ1) is 14.1. The van der Waals surface area contributed by atoms with Crippen LogP contribution >= 0.6 is 0 Å². The molecule has 1 aliphatic heterocycles. The normalized spacial score (nSPS) is 16.4. The predicted molar refractivity (Wildman–Crippen MR) is 72.0 cm³/mol. The van der Waals surface area contributed by atoms with Gasteiger partial charge in [0.05, 0.1) is 6.20 Å². The van der Waals surface area contributed by atoms with E-state index in [1.165, 1.54) is 31.7 Å². The Labute approximate surface area is 113 Å². The first-order valence-electron chi connectivity index (χ1n) is 6.94. The number of carbonyl (C=O) groups is 1. The Kier molecular flexibility index (Phi) is 5.91. The standard InChI is InChI=1S/C14H21N3O2/c18-14(13-10-16-7-8-17-13)11-19-9-1-2-12-3-5-15-6-4-12/h7-8,10,12,15H,1-6,9,11H2. The Morgan fingerprint density at radius 1 is 1.37 bits per heavy atom. The fraction of sp³-hybridized carbons (Fsp3) is 0.643. The van der Waals surface area contributed by atoms with Crippen molar-refractivity contribution in [1.29, 1.82) is 0 Å². The van der Waals surface area contributed by atoms with Crippen LogP contribution in [-0.4, -0.2) is 42.1 Å². The Morgan fingerprint density at radius 2 is 2.21 bits per heavy atom. The van der Waals surface area contributed by atoms with Crippen LogP contribution in [0.5, 0.6) is 0 Å². The summed E-state index contributed by atoms with van der Waals surface area (Å²) in [7, 11) is 0. The van der Waals surface area contributed by atoms with E-state index in [4.69, 9.17) is 4.74 Å². The van der Waals surface area contributed by atoms with Crippen molar-refractivity contribution in [3.05, 3.63) is 24.3 Å². The molecular weight excluding hydrogens is 242 g/mol. The molecule has 1 fully saturated rings. The number of nitrogens with zero attached hydrogens (tertiary/aromatic N) is 2. The van der Waals surface area contributed by atoms with Gasteiger partial charge >= 0.3 is 0 Å². The fourth-order valence-corrected chi connectivity index (χ4v) is 2.33. The number of nitrogens with one attached hydrogen (secondary N) is 1. The third-order valence-electron chi connectivity index (χ3n) is 3.44. The van der Waals surface area contributed by atoms with E-state index in [0.29, 0.717) is 12.3 Å². The van der Waals surface area contributed by atoms with E-state index < -0.39 is 0 Å². The second-order valence-electron chi connectivity index (χ2n) is 4.90. The third kappa shape index (κ3) is 5.04. The minimum Gasteiger partial charge on any atom is -0.373 e. The number of carbonyl (C=O) groups excluding carboxylic acids is 1. The van der Waals surface area contributed by atoms with Crippen LogP contribution in [0.25, 0.3) is 0 Å². The van der Waals surface area contributed by atoms with Gasteiger partial charge in [-0.15, -0.1) is 0 Å². The summed E-state index contributed by atoms with van der Waals surface area (Å²) < 4.78 is 5.41. The van der Waals surface area contributed by atoms with Crippen LogP contribution in [0.2, 0.25) is 0 Å². The molecule has 0 atom stereocenters. The number of hydrogen-bond acceptors (Lipinski definition) is 5. The Hall–Kier alpha value is -1.33. The summed E-state index contributed by atoms with van der Waals surface area (Å²) in [6, 6.07) is 0. The van der Waals surface area contributed by atoms with Crippen LogP contribution in [0.4, 0.5) is 0 Å². The van der Waals surface area contributed by atoms with Crippen molar-refractivity contribution < 1.29 is 9.53 Å². The van der Waals surface area contributed by atoms with E-state index in [0.717, 1.165) is 25.4 Å². The van der Waals surface area contributed by atoms with Gasteiger partial charge in [-0.1, -0.05) is 0 Å². The molecule has 1 saturated heterocycles. The second kappa shape index (κ2) is 7.96. The summed E-state index contributed by atoms with van der Waals surface area (Å²) in [6.07, 6.45) is 9.29. The lowest BCUT2D eigenvalue weighted by Gasteiger charge is -2.22.